The average molecular weight is 256 g/mol. The van der Waals surface area contributed by atoms with Crippen LogP contribution >= 0.6 is 0 Å². The second-order valence-corrected chi connectivity index (χ2v) is 4.53. The van der Waals surface area contributed by atoms with E-state index in [0.717, 1.165) is 11.4 Å². The Morgan fingerprint density at radius 3 is 2.37 bits per heavy atom. The summed E-state index contributed by atoms with van der Waals surface area (Å²) in [4.78, 5) is 23.4. The zero-order chi connectivity index (χ0) is 14.0. The molecule has 2 aromatic rings. The van der Waals surface area contributed by atoms with Crippen molar-refractivity contribution in [3.8, 4) is 0 Å². The van der Waals surface area contributed by atoms with Crippen molar-refractivity contribution < 1.29 is 9.59 Å². The highest BCUT2D eigenvalue weighted by atomic mass is 16.1. The molecule has 0 saturated carbocycles. The molecule has 0 atom stereocenters. The second-order valence-electron chi connectivity index (χ2n) is 4.53. The summed E-state index contributed by atoms with van der Waals surface area (Å²) >= 11 is 0. The molecule has 0 aliphatic heterocycles. The largest absolute Gasteiger partial charge is 0.368 e. The highest BCUT2D eigenvalue weighted by molar-refractivity contribution is 6.09. The lowest BCUT2D eigenvalue weighted by atomic mass is 10.0. The Morgan fingerprint density at radius 1 is 1.16 bits per heavy atom. The molecule has 1 amide bonds. The third-order valence-corrected chi connectivity index (χ3v) is 3.17. The molecule has 19 heavy (non-hydrogen) atoms. The monoisotopic (exact) mass is 256 g/mol. The average Bonchev–Trinajstić information content (AvgIpc) is 2.66. The summed E-state index contributed by atoms with van der Waals surface area (Å²) in [6, 6.07) is 10.9. The van der Waals surface area contributed by atoms with E-state index >= 15 is 0 Å². The molecule has 0 bridgehead atoms. The standard InChI is InChI=1S/C15H16N2O2/c1-10-8-13(11(2)17(10)9-14(16)18)15(19)12-6-4-3-5-7-12/h3-8H,9H2,1-2H3,(H2,16,18). The SMILES string of the molecule is Cc1cc(C(=O)c2ccccc2)c(C)n1CC(N)=O. The van der Waals surface area contributed by atoms with Crippen LogP contribution in [0.15, 0.2) is 36.4 Å². The van der Waals surface area contributed by atoms with Crippen LogP contribution in [0.1, 0.15) is 27.3 Å². The minimum absolute atomic E-state index is 0.0376. The molecule has 4 nitrogen and oxygen atoms in total. The van der Waals surface area contributed by atoms with Gasteiger partial charge in [0, 0.05) is 22.5 Å². The van der Waals surface area contributed by atoms with Crippen molar-refractivity contribution in [1.82, 2.24) is 4.57 Å². The van der Waals surface area contributed by atoms with Crippen molar-refractivity contribution in [3.05, 3.63) is 58.9 Å². The number of ketones is 1. The molecule has 2 N–H and O–H groups in total. The Hall–Kier alpha value is -2.36. The summed E-state index contributed by atoms with van der Waals surface area (Å²) in [6.45, 7) is 3.78. The molecule has 4 heteroatoms. The summed E-state index contributed by atoms with van der Waals surface area (Å²) in [7, 11) is 0. The van der Waals surface area contributed by atoms with Crippen molar-refractivity contribution in [2.45, 2.75) is 20.4 Å². The zero-order valence-corrected chi connectivity index (χ0v) is 11.0. The predicted octanol–water partition coefficient (Wildman–Crippen LogP) is 1.82. The molecular weight excluding hydrogens is 240 g/mol. The number of nitrogens with zero attached hydrogens (tertiary/aromatic N) is 1. The minimum Gasteiger partial charge on any atom is -0.368 e. The number of nitrogens with two attached hydrogens (primary N) is 1. The Morgan fingerprint density at radius 2 is 1.79 bits per heavy atom. The number of hydrogen-bond acceptors (Lipinski definition) is 2. The molecule has 0 spiro atoms. The molecule has 0 unspecified atom stereocenters. The number of aryl methyl sites for hydroxylation is 1. The third kappa shape index (κ3) is 2.57. The first kappa shape index (κ1) is 13.1. The van der Waals surface area contributed by atoms with Crippen molar-refractivity contribution in [2.24, 2.45) is 5.73 Å². The van der Waals surface area contributed by atoms with Crippen LogP contribution in [-0.2, 0) is 11.3 Å². The van der Waals surface area contributed by atoms with Gasteiger partial charge in [0.1, 0.15) is 6.54 Å². The van der Waals surface area contributed by atoms with Crippen molar-refractivity contribution >= 4 is 11.7 Å². The fourth-order valence-corrected chi connectivity index (χ4v) is 2.18. The molecule has 0 fully saturated rings. The third-order valence-electron chi connectivity index (χ3n) is 3.17. The van der Waals surface area contributed by atoms with E-state index in [4.69, 9.17) is 5.73 Å². The molecular formula is C15H16N2O2. The second kappa shape index (κ2) is 5.10. The Kier molecular flexibility index (Phi) is 3.51. The van der Waals surface area contributed by atoms with Gasteiger partial charge in [-0.2, -0.15) is 0 Å². The van der Waals surface area contributed by atoms with E-state index in [-0.39, 0.29) is 12.3 Å². The highest BCUT2D eigenvalue weighted by Gasteiger charge is 2.17. The number of rotatable bonds is 4. The van der Waals surface area contributed by atoms with Gasteiger partial charge in [0.2, 0.25) is 5.91 Å². The van der Waals surface area contributed by atoms with Gasteiger partial charge < -0.3 is 10.3 Å². The maximum absolute atomic E-state index is 12.4. The van der Waals surface area contributed by atoms with Crippen LogP contribution < -0.4 is 5.73 Å². The maximum Gasteiger partial charge on any atom is 0.237 e. The molecule has 0 radical (unpaired) electrons. The van der Waals surface area contributed by atoms with Gasteiger partial charge in [0.15, 0.2) is 5.78 Å². The lowest BCUT2D eigenvalue weighted by molar-refractivity contribution is -0.118. The van der Waals surface area contributed by atoms with Gasteiger partial charge >= 0.3 is 0 Å². The van der Waals surface area contributed by atoms with Gasteiger partial charge in [-0.15, -0.1) is 0 Å². The van der Waals surface area contributed by atoms with E-state index in [1.165, 1.54) is 0 Å². The number of benzene rings is 1. The molecule has 1 aromatic carbocycles. The molecule has 1 heterocycles. The van der Waals surface area contributed by atoms with E-state index in [2.05, 4.69) is 0 Å². The fourth-order valence-electron chi connectivity index (χ4n) is 2.18. The number of carbonyl (C=O) groups excluding carboxylic acids is 2. The zero-order valence-electron chi connectivity index (χ0n) is 11.0. The highest BCUT2D eigenvalue weighted by Crippen LogP contribution is 2.18. The van der Waals surface area contributed by atoms with Crippen molar-refractivity contribution in [1.29, 1.82) is 0 Å². The van der Waals surface area contributed by atoms with Crippen molar-refractivity contribution in [2.75, 3.05) is 0 Å². The topological polar surface area (TPSA) is 65.1 Å². The van der Waals surface area contributed by atoms with Gasteiger partial charge in [-0.3, -0.25) is 9.59 Å². The number of amides is 1. The lowest BCUT2D eigenvalue weighted by Crippen LogP contribution is -2.20. The van der Waals surface area contributed by atoms with E-state index < -0.39 is 5.91 Å². The van der Waals surface area contributed by atoms with Gasteiger partial charge in [-0.05, 0) is 19.9 Å². The fraction of sp³-hybridized carbons (Fsp3) is 0.200. The summed E-state index contributed by atoms with van der Waals surface area (Å²) in [5.74, 6) is -0.454. The molecule has 0 aliphatic rings. The quantitative estimate of drug-likeness (QED) is 0.848. The molecule has 1 aromatic heterocycles. The molecule has 0 saturated heterocycles. The summed E-state index contributed by atoms with van der Waals surface area (Å²) in [6.07, 6.45) is 0. The van der Waals surface area contributed by atoms with Gasteiger partial charge in [0.05, 0.1) is 0 Å². The van der Waals surface area contributed by atoms with Crippen LogP contribution in [0.3, 0.4) is 0 Å². The van der Waals surface area contributed by atoms with Crippen LogP contribution in [0.25, 0.3) is 0 Å². The van der Waals surface area contributed by atoms with Crippen LogP contribution in [0.4, 0.5) is 0 Å². The first-order valence-corrected chi connectivity index (χ1v) is 6.05. The first-order chi connectivity index (χ1) is 9.00. The van der Waals surface area contributed by atoms with Gasteiger partial charge in [-0.25, -0.2) is 0 Å². The number of aromatic nitrogens is 1. The first-order valence-electron chi connectivity index (χ1n) is 6.05. The minimum atomic E-state index is -0.416. The number of primary amides is 1. The summed E-state index contributed by atoms with van der Waals surface area (Å²) in [5.41, 5.74) is 8.10. The van der Waals surface area contributed by atoms with E-state index in [1.54, 1.807) is 22.8 Å². The maximum atomic E-state index is 12.4. The predicted molar refractivity (Wildman–Crippen MR) is 73.0 cm³/mol. The molecule has 2 rings (SSSR count). The molecule has 98 valence electrons. The van der Waals surface area contributed by atoms with Crippen LogP contribution in [0, 0.1) is 13.8 Å². The summed E-state index contributed by atoms with van der Waals surface area (Å²) in [5, 5.41) is 0. The molecule has 0 aliphatic carbocycles. The normalized spacial score (nSPS) is 10.4. The van der Waals surface area contributed by atoms with Crippen molar-refractivity contribution in [3.63, 3.8) is 0 Å². The van der Waals surface area contributed by atoms with E-state index in [9.17, 15) is 9.59 Å². The van der Waals surface area contributed by atoms with Crippen LogP contribution in [0.5, 0.6) is 0 Å². The number of hydrogen-bond donors (Lipinski definition) is 1. The van der Waals surface area contributed by atoms with E-state index in [0.29, 0.717) is 11.1 Å². The van der Waals surface area contributed by atoms with Gasteiger partial charge in [0.25, 0.3) is 0 Å². The van der Waals surface area contributed by atoms with Gasteiger partial charge in [-0.1, -0.05) is 30.3 Å². The number of carbonyl (C=O) groups is 2. The van der Waals surface area contributed by atoms with Crippen LogP contribution in [-0.4, -0.2) is 16.3 Å². The Balaban J connectivity index is 2.42. The lowest BCUT2D eigenvalue weighted by Gasteiger charge is -2.06. The van der Waals surface area contributed by atoms with E-state index in [1.807, 2.05) is 32.0 Å². The van der Waals surface area contributed by atoms with Crippen LogP contribution in [0.2, 0.25) is 0 Å². The summed E-state index contributed by atoms with van der Waals surface area (Å²) < 4.78 is 1.76. The smallest absolute Gasteiger partial charge is 0.237 e. The Labute approximate surface area is 111 Å². The Bertz CT molecular complexity index is 627.